The van der Waals surface area contributed by atoms with Crippen LogP contribution in [-0.2, 0) is 6.42 Å². The molecule has 0 bridgehead atoms. The van der Waals surface area contributed by atoms with Crippen LogP contribution >= 0.6 is 15.9 Å². The minimum Gasteiger partial charge on any atom is -0.0921 e. The molecule has 0 heterocycles. The van der Waals surface area contributed by atoms with Gasteiger partial charge in [-0.05, 0) is 55.4 Å². The van der Waals surface area contributed by atoms with E-state index in [-0.39, 0.29) is 0 Å². The molecule has 2 aromatic rings. The van der Waals surface area contributed by atoms with Crippen molar-refractivity contribution in [3.05, 3.63) is 70.3 Å². The lowest BCUT2D eigenvalue weighted by Crippen LogP contribution is -2.07. The van der Waals surface area contributed by atoms with Crippen molar-refractivity contribution >= 4 is 15.9 Å². The van der Waals surface area contributed by atoms with Gasteiger partial charge in [0.1, 0.15) is 0 Å². The van der Waals surface area contributed by atoms with Gasteiger partial charge in [0.25, 0.3) is 0 Å². The highest BCUT2D eigenvalue weighted by Crippen LogP contribution is 2.27. The quantitative estimate of drug-likeness (QED) is 0.668. The summed E-state index contributed by atoms with van der Waals surface area (Å²) >= 11 is 3.67. The Morgan fingerprint density at radius 1 is 0.947 bits per heavy atom. The Bertz CT molecular complexity index is 520. The van der Waals surface area contributed by atoms with Gasteiger partial charge in [0.15, 0.2) is 0 Å². The number of benzene rings is 2. The third kappa shape index (κ3) is 3.48. The fraction of sp³-hybridized carbons (Fsp3) is 0.333. The first-order valence-corrected chi connectivity index (χ1v) is 7.91. The summed E-state index contributed by atoms with van der Waals surface area (Å²) in [6.45, 7) is 6.63. The molecule has 0 saturated heterocycles. The van der Waals surface area contributed by atoms with E-state index in [2.05, 4.69) is 79.2 Å². The number of hydrogen-bond donors (Lipinski definition) is 0. The zero-order valence-electron chi connectivity index (χ0n) is 11.9. The first-order valence-electron chi connectivity index (χ1n) is 6.79. The van der Waals surface area contributed by atoms with Crippen molar-refractivity contribution in [2.45, 2.75) is 33.1 Å². The molecule has 19 heavy (non-hydrogen) atoms. The molecule has 0 nitrogen and oxygen atoms in total. The smallest absolute Gasteiger partial charge is 0.0103 e. The van der Waals surface area contributed by atoms with Gasteiger partial charge >= 0.3 is 0 Å². The summed E-state index contributed by atoms with van der Waals surface area (Å²) in [6, 6.07) is 15.4. The van der Waals surface area contributed by atoms with E-state index in [0.717, 1.165) is 11.8 Å². The van der Waals surface area contributed by atoms with E-state index >= 15 is 0 Å². The Morgan fingerprint density at radius 3 is 2.05 bits per heavy atom. The van der Waals surface area contributed by atoms with E-state index in [9.17, 15) is 0 Å². The number of hydrogen-bond acceptors (Lipinski definition) is 0. The monoisotopic (exact) mass is 316 g/mol. The number of aryl methyl sites for hydroxylation is 3. The first kappa shape index (κ1) is 14.3. The van der Waals surface area contributed by atoms with Crippen LogP contribution < -0.4 is 0 Å². The van der Waals surface area contributed by atoms with Gasteiger partial charge in [-0.15, -0.1) is 0 Å². The molecule has 2 rings (SSSR count). The van der Waals surface area contributed by atoms with Crippen LogP contribution in [-0.4, -0.2) is 5.33 Å². The summed E-state index contributed by atoms with van der Waals surface area (Å²) in [7, 11) is 0. The summed E-state index contributed by atoms with van der Waals surface area (Å²) in [4.78, 5) is 0. The predicted octanol–water partition coefficient (Wildman–Crippen LogP) is 5.33. The molecule has 0 saturated carbocycles. The van der Waals surface area contributed by atoms with Crippen LogP contribution in [0.3, 0.4) is 0 Å². The molecule has 0 radical (unpaired) electrons. The fourth-order valence-electron chi connectivity index (χ4n) is 2.76. The van der Waals surface area contributed by atoms with Gasteiger partial charge in [-0.1, -0.05) is 64.0 Å². The minimum atomic E-state index is 0.543. The lowest BCUT2D eigenvalue weighted by molar-refractivity contribution is 0.766. The molecule has 0 aliphatic carbocycles. The molecule has 1 atom stereocenters. The summed E-state index contributed by atoms with van der Waals surface area (Å²) < 4.78 is 0. The highest BCUT2D eigenvalue weighted by atomic mass is 79.9. The molecule has 0 fully saturated rings. The fourth-order valence-corrected chi connectivity index (χ4v) is 3.37. The SMILES string of the molecule is Cc1cc(C)c(CC(CBr)c2ccccc2)c(C)c1. The molecular formula is C18H21Br. The topological polar surface area (TPSA) is 0 Å². The summed E-state index contributed by atoms with van der Waals surface area (Å²) in [5.41, 5.74) is 7.10. The highest BCUT2D eigenvalue weighted by molar-refractivity contribution is 9.09. The second-order valence-electron chi connectivity index (χ2n) is 5.34. The van der Waals surface area contributed by atoms with Crippen molar-refractivity contribution in [2.24, 2.45) is 0 Å². The van der Waals surface area contributed by atoms with Crippen molar-refractivity contribution in [2.75, 3.05) is 5.33 Å². The second kappa shape index (κ2) is 6.38. The molecule has 100 valence electrons. The Balaban J connectivity index is 2.29. The molecule has 0 aliphatic heterocycles. The second-order valence-corrected chi connectivity index (χ2v) is 5.99. The number of rotatable bonds is 4. The normalized spacial score (nSPS) is 12.4. The molecule has 0 aromatic heterocycles. The van der Waals surface area contributed by atoms with Crippen molar-refractivity contribution in [1.82, 2.24) is 0 Å². The maximum absolute atomic E-state index is 3.67. The van der Waals surface area contributed by atoms with E-state index in [0.29, 0.717) is 5.92 Å². The molecule has 0 aliphatic rings. The molecule has 0 spiro atoms. The van der Waals surface area contributed by atoms with Gasteiger partial charge in [-0.3, -0.25) is 0 Å². The van der Waals surface area contributed by atoms with Gasteiger partial charge in [0.05, 0.1) is 0 Å². The number of alkyl halides is 1. The van der Waals surface area contributed by atoms with Crippen molar-refractivity contribution in [3.63, 3.8) is 0 Å². The summed E-state index contributed by atoms with van der Waals surface area (Å²) in [5, 5.41) is 1.00. The molecule has 1 unspecified atom stereocenters. The average molecular weight is 317 g/mol. The zero-order valence-corrected chi connectivity index (χ0v) is 13.5. The first-order chi connectivity index (χ1) is 9.11. The van der Waals surface area contributed by atoms with Gasteiger partial charge in [0, 0.05) is 5.33 Å². The van der Waals surface area contributed by atoms with Crippen LogP contribution in [0, 0.1) is 20.8 Å². The van der Waals surface area contributed by atoms with Gasteiger partial charge in [-0.2, -0.15) is 0 Å². The maximum Gasteiger partial charge on any atom is 0.0103 e. The Morgan fingerprint density at radius 2 is 1.53 bits per heavy atom. The Labute approximate surface area is 125 Å². The third-order valence-electron chi connectivity index (χ3n) is 3.75. The van der Waals surface area contributed by atoms with Crippen LogP contribution in [0.25, 0.3) is 0 Å². The van der Waals surface area contributed by atoms with Crippen molar-refractivity contribution in [3.8, 4) is 0 Å². The van der Waals surface area contributed by atoms with E-state index in [4.69, 9.17) is 0 Å². The molecule has 2 aromatic carbocycles. The van der Waals surface area contributed by atoms with Gasteiger partial charge < -0.3 is 0 Å². The zero-order chi connectivity index (χ0) is 13.8. The van der Waals surface area contributed by atoms with Crippen LogP contribution in [0.15, 0.2) is 42.5 Å². The standard InChI is InChI=1S/C18H21Br/c1-13-9-14(2)18(15(3)10-13)11-17(12-19)16-7-5-4-6-8-16/h4-10,17H,11-12H2,1-3H3. The maximum atomic E-state index is 3.67. The van der Waals surface area contributed by atoms with Gasteiger partial charge in [0.2, 0.25) is 0 Å². The highest BCUT2D eigenvalue weighted by Gasteiger charge is 2.14. The van der Waals surface area contributed by atoms with E-state index in [1.807, 2.05) is 0 Å². The van der Waals surface area contributed by atoms with Crippen LogP contribution in [0.5, 0.6) is 0 Å². The average Bonchev–Trinajstić information content (AvgIpc) is 2.39. The number of halogens is 1. The Kier molecular flexibility index (Phi) is 4.81. The van der Waals surface area contributed by atoms with Crippen LogP contribution in [0.1, 0.15) is 33.7 Å². The lowest BCUT2D eigenvalue weighted by Gasteiger charge is -2.18. The Hall–Kier alpha value is -1.08. The lowest BCUT2D eigenvalue weighted by atomic mass is 9.88. The molecule has 0 amide bonds. The third-order valence-corrected chi connectivity index (χ3v) is 4.53. The van der Waals surface area contributed by atoms with E-state index in [1.54, 1.807) is 0 Å². The van der Waals surface area contributed by atoms with Crippen LogP contribution in [0.4, 0.5) is 0 Å². The predicted molar refractivity (Wildman–Crippen MR) is 87.3 cm³/mol. The van der Waals surface area contributed by atoms with Gasteiger partial charge in [-0.25, -0.2) is 0 Å². The summed E-state index contributed by atoms with van der Waals surface area (Å²) in [5.74, 6) is 0.543. The molecule has 0 N–H and O–H groups in total. The molecule has 1 heteroatoms. The minimum absolute atomic E-state index is 0.543. The van der Waals surface area contributed by atoms with E-state index in [1.165, 1.54) is 27.8 Å². The van der Waals surface area contributed by atoms with Crippen LogP contribution in [0.2, 0.25) is 0 Å². The van der Waals surface area contributed by atoms with E-state index < -0.39 is 0 Å². The van der Waals surface area contributed by atoms with Crippen molar-refractivity contribution < 1.29 is 0 Å². The van der Waals surface area contributed by atoms with Crippen molar-refractivity contribution in [1.29, 1.82) is 0 Å². The molecular weight excluding hydrogens is 296 g/mol. The largest absolute Gasteiger partial charge is 0.0921 e. The summed E-state index contributed by atoms with van der Waals surface area (Å²) in [6.07, 6.45) is 1.10.